The predicted octanol–water partition coefficient (Wildman–Crippen LogP) is 4.43. The number of aromatic nitrogens is 1. The number of carbonyl (C=O) groups is 1. The number of hydrogen-bond acceptors (Lipinski definition) is 8. The number of nitrogens with zero attached hydrogens (tertiary/aromatic N) is 3. The maximum atomic E-state index is 12.0. The molecule has 2 unspecified atom stereocenters. The molecule has 186 valence electrons. The summed E-state index contributed by atoms with van der Waals surface area (Å²) in [4.78, 5) is 22.9. The third kappa shape index (κ3) is 4.93. The van der Waals surface area contributed by atoms with Crippen LogP contribution in [0.15, 0.2) is 59.7 Å². The average Bonchev–Trinajstić information content (AvgIpc) is 3.27. The van der Waals surface area contributed by atoms with Crippen LogP contribution in [-0.2, 0) is 9.53 Å². The van der Waals surface area contributed by atoms with Crippen molar-refractivity contribution in [3.8, 4) is 0 Å². The molecule has 8 nitrogen and oxygen atoms in total. The van der Waals surface area contributed by atoms with Crippen molar-refractivity contribution in [2.75, 3.05) is 43.2 Å². The van der Waals surface area contributed by atoms with E-state index < -0.39 is 0 Å². The lowest BCUT2D eigenvalue weighted by Gasteiger charge is -2.19. The minimum Gasteiger partial charge on any atom is -0.469 e. The number of aliphatic imine (C=N–C) groups is 1. The molecule has 1 aliphatic rings. The van der Waals surface area contributed by atoms with Gasteiger partial charge in [-0.05, 0) is 36.6 Å². The molecule has 1 saturated heterocycles. The van der Waals surface area contributed by atoms with E-state index in [0.717, 1.165) is 40.4 Å². The van der Waals surface area contributed by atoms with Gasteiger partial charge in [0.1, 0.15) is 5.82 Å². The summed E-state index contributed by atoms with van der Waals surface area (Å²) in [5, 5.41) is 12.5. The van der Waals surface area contributed by atoms with Crippen LogP contribution < -0.4 is 16.0 Å². The molecule has 3 aromatic rings. The highest BCUT2D eigenvalue weighted by Gasteiger charge is 2.36. The lowest BCUT2D eigenvalue weighted by molar-refractivity contribution is -0.145. The van der Waals surface area contributed by atoms with Crippen molar-refractivity contribution in [2.45, 2.75) is 13.8 Å². The zero-order chi connectivity index (χ0) is 25.8. The Morgan fingerprint density at radius 3 is 2.64 bits per heavy atom. The van der Waals surface area contributed by atoms with Crippen molar-refractivity contribution in [3.05, 3.63) is 77.0 Å². The molecule has 36 heavy (non-hydrogen) atoms. The second-order valence-corrected chi connectivity index (χ2v) is 9.11. The number of anilines is 4. The molecule has 0 saturated carbocycles. The molecule has 2 atom stereocenters. The quantitative estimate of drug-likeness (QED) is 0.260. The van der Waals surface area contributed by atoms with Crippen molar-refractivity contribution >= 4 is 40.8 Å². The summed E-state index contributed by atoms with van der Waals surface area (Å²) in [6, 6.07) is 15.3. The number of esters is 1. The number of aryl methyl sites for hydroxylation is 1. The number of hydrogen-bond donors (Lipinski definition) is 3. The van der Waals surface area contributed by atoms with Crippen molar-refractivity contribution in [3.63, 3.8) is 0 Å². The van der Waals surface area contributed by atoms with Crippen LogP contribution in [0.4, 0.5) is 22.9 Å². The number of para-hydroxylation sites is 1. The van der Waals surface area contributed by atoms with Crippen molar-refractivity contribution in [1.82, 2.24) is 4.98 Å². The molecule has 0 bridgehead atoms. The Morgan fingerprint density at radius 1 is 1.19 bits per heavy atom. The summed E-state index contributed by atoms with van der Waals surface area (Å²) in [6.07, 6.45) is 3.47. The standard InChI is InChI=1S/C28H32N6O2/c1-17-7-5-9-21(26(30)20-8-6-10-24(29)22(20)14-31-3)27(17)33-19-11-12-25(32-13-19)34-15-18(2)23(16-34)28(35)36-4/h5-14,18,23,30,33H,15-16,29H2,1-4H3. The maximum absolute atomic E-state index is 12.0. The second-order valence-electron chi connectivity index (χ2n) is 9.11. The Morgan fingerprint density at radius 2 is 1.94 bits per heavy atom. The number of methoxy groups -OCH3 is 1. The molecule has 2 aromatic carbocycles. The van der Waals surface area contributed by atoms with Gasteiger partial charge in [0.15, 0.2) is 0 Å². The van der Waals surface area contributed by atoms with Gasteiger partial charge in [0, 0.05) is 48.7 Å². The molecule has 4 rings (SSSR count). The first kappa shape index (κ1) is 24.9. The number of carbonyl (C=O) groups excluding carboxylic acids is 1. The van der Waals surface area contributed by atoms with Crippen LogP contribution in [-0.4, -0.2) is 50.1 Å². The fourth-order valence-electron chi connectivity index (χ4n) is 4.66. The maximum Gasteiger partial charge on any atom is 0.310 e. The molecule has 0 aliphatic carbocycles. The van der Waals surface area contributed by atoms with E-state index in [0.29, 0.717) is 23.5 Å². The Balaban J connectivity index is 1.59. The zero-order valence-electron chi connectivity index (χ0n) is 21.1. The van der Waals surface area contributed by atoms with Gasteiger partial charge in [0.05, 0.1) is 36.3 Å². The van der Waals surface area contributed by atoms with Gasteiger partial charge >= 0.3 is 5.97 Å². The van der Waals surface area contributed by atoms with Crippen LogP contribution in [0.5, 0.6) is 0 Å². The number of pyridine rings is 1. The molecular weight excluding hydrogens is 452 g/mol. The van der Waals surface area contributed by atoms with E-state index in [1.54, 1.807) is 19.5 Å². The van der Waals surface area contributed by atoms with E-state index >= 15 is 0 Å². The fraction of sp³-hybridized carbons (Fsp3) is 0.286. The average molecular weight is 485 g/mol. The van der Waals surface area contributed by atoms with Crippen LogP contribution in [0, 0.1) is 24.2 Å². The summed E-state index contributed by atoms with van der Waals surface area (Å²) in [5.41, 5.74) is 12.0. The van der Waals surface area contributed by atoms with Crippen molar-refractivity contribution in [2.24, 2.45) is 16.8 Å². The van der Waals surface area contributed by atoms with Gasteiger partial charge in [0.2, 0.25) is 0 Å². The highest BCUT2D eigenvalue weighted by Crippen LogP contribution is 2.31. The Kier molecular flexibility index (Phi) is 7.33. The van der Waals surface area contributed by atoms with E-state index in [2.05, 4.69) is 27.1 Å². The molecule has 4 N–H and O–H groups in total. The van der Waals surface area contributed by atoms with Gasteiger partial charge in [-0.25, -0.2) is 4.98 Å². The predicted molar refractivity (Wildman–Crippen MR) is 146 cm³/mol. The van der Waals surface area contributed by atoms with Crippen molar-refractivity contribution < 1.29 is 9.53 Å². The van der Waals surface area contributed by atoms with E-state index in [1.807, 2.05) is 55.5 Å². The molecule has 8 heteroatoms. The smallest absolute Gasteiger partial charge is 0.310 e. The van der Waals surface area contributed by atoms with Gasteiger partial charge in [-0.2, -0.15) is 0 Å². The fourth-order valence-corrected chi connectivity index (χ4v) is 4.66. The van der Waals surface area contributed by atoms with Crippen molar-refractivity contribution in [1.29, 1.82) is 5.41 Å². The van der Waals surface area contributed by atoms with E-state index in [1.165, 1.54) is 7.11 Å². The van der Waals surface area contributed by atoms with Gasteiger partial charge in [-0.1, -0.05) is 37.3 Å². The largest absolute Gasteiger partial charge is 0.469 e. The van der Waals surface area contributed by atoms with Gasteiger partial charge in [-0.3, -0.25) is 15.2 Å². The minimum atomic E-state index is -0.175. The number of nitrogens with one attached hydrogen (secondary N) is 2. The normalized spacial score (nSPS) is 17.4. The Labute approximate surface area is 211 Å². The number of ether oxygens (including phenoxy) is 1. The Bertz CT molecular complexity index is 1300. The molecule has 1 aromatic heterocycles. The molecule has 0 amide bonds. The van der Waals surface area contributed by atoms with Crippen LogP contribution >= 0.6 is 0 Å². The second kappa shape index (κ2) is 10.6. The van der Waals surface area contributed by atoms with Crippen LogP contribution in [0.2, 0.25) is 0 Å². The van der Waals surface area contributed by atoms with E-state index in [4.69, 9.17) is 15.9 Å². The Hall–Kier alpha value is -4.20. The summed E-state index contributed by atoms with van der Waals surface area (Å²) in [7, 11) is 3.12. The highest BCUT2D eigenvalue weighted by molar-refractivity contribution is 6.18. The van der Waals surface area contributed by atoms with E-state index in [-0.39, 0.29) is 17.8 Å². The van der Waals surface area contributed by atoms with Gasteiger partial charge in [0.25, 0.3) is 0 Å². The molecule has 0 radical (unpaired) electrons. The van der Waals surface area contributed by atoms with Crippen LogP contribution in [0.25, 0.3) is 0 Å². The molecule has 0 spiro atoms. The third-order valence-corrected chi connectivity index (χ3v) is 6.67. The summed E-state index contributed by atoms with van der Waals surface area (Å²) in [6.45, 7) is 5.41. The summed E-state index contributed by atoms with van der Waals surface area (Å²) >= 11 is 0. The van der Waals surface area contributed by atoms with Gasteiger partial charge < -0.3 is 20.7 Å². The third-order valence-electron chi connectivity index (χ3n) is 6.67. The first-order chi connectivity index (χ1) is 17.3. The monoisotopic (exact) mass is 484 g/mol. The van der Waals surface area contributed by atoms with Gasteiger partial charge in [-0.15, -0.1) is 0 Å². The zero-order valence-corrected chi connectivity index (χ0v) is 21.1. The number of rotatable bonds is 7. The number of benzene rings is 2. The summed E-state index contributed by atoms with van der Waals surface area (Å²) in [5.74, 6) is 0.697. The lowest BCUT2D eigenvalue weighted by Crippen LogP contribution is -2.24. The molecule has 2 heterocycles. The highest BCUT2D eigenvalue weighted by atomic mass is 16.5. The minimum absolute atomic E-state index is 0.148. The van der Waals surface area contributed by atoms with Crippen LogP contribution in [0.1, 0.15) is 29.2 Å². The molecular formula is C28H32N6O2. The topological polar surface area (TPSA) is 117 Å². The first-order valence-corrected chi connectivity index (χ1v) is 11.9. The molecule has 1 fully saturated rings. The number of nitrogen functional groups attached to an aromatic ring is 1. The van der Waals surface area contributed by atoms with Crippen LogP contribution in [0.3, 0.4) is 0 Å². The first-order valence-electron chi connectivity index (χ1n) is 11.9. The number of nitrogens with two attached hydrogens (primary N) is 1. The lowest BCUT2D eigenvalue weighted by atomic mass is 9.94. The molecule has 1 aliphatic heterocycles. The summed E-state index contributed by atoms with van der Waals surface area (Å²) < 4.78 is 4.95. The van der Waals surface area contributed by atoms with E-state index in [9.17, 15) is 4.79 Å². The SMILES string of the molecule is CN=Cc1c(N)cccc1C(=N)c1cccc(C)c1Nc1ccc(N2CC(C)C(C(=O)OC)C2)nc1.